The molecule has 0 bridgehead atoms. The number of rotatable bonds is 4. The fraction of sp³-hybridized carbons (Fsp3) is 0.771. The number of carbonyl (C=O) groups is 3. The molecule has 234 valence electrons. The van der Waals surface area contributed by atoms with Gasteiger partial charge in [-0.2, -0.15) is 18.4 Å². The number of nitrogens with zero attached hydrogens (tertiary/aromatic N) is 1. The summed E-state index contributed by atoms with van der Waals surface area (Å²) in [5, 5.41) is 12.0. The van der Waals surface area contributed by atoms with Crippen LogP contribution < -0.4 is 5.32 Å². The minimum absolute atomic E-state index is 0.0148. The van der Waals surface area contributed by atoms with Crippen LogP contribution in [0.15, 0.2) is 23.3 Å². The molecule has 43 heavy (non-hydrogen) atoms. The molecule has 0 heterocycles. The van der Waals surface area contributed by atoms with Gasteiger partial charge in [0.2, 0.25) is 5.91 Å². The lowest BCUT2D eigenvalue weighted by Gasteiger charge is -2.69. The van der Waals surface area contributed by atoms with E-state index in [0.29, 0.717) is 6.42 Å². The molecule has 0 radical (unpaired) electrons. The number of fused-ring (bicyclic) bond motifs is 8. The summed E-state index contributed by atoms with van der Waals surface area (Å²) in [7, 11) is 0. The number of allylic oxidation sites excluding steroid dienone is 4. The van der Waals surface area contributed by atoms with Crippen molar-refractivity contribution in [3.05, 3.63) is 23.3 Å². The van der Waals surface area contributed by atoms with Gasteiger partial charge in [0.15, 0.2) is 11.6 Å². The van der Waals surface area contributed by atoms with Gasteiger partial charge < -0.3 is 5.32 Å². The summed E-state index contributed by atoms with van der Waals surface area (Å²) >= 11 is 0. The average Bonchev–Trinajstić information content (AvgIpc) is 3.71. The second-order valence-corrected chi connectivity index (χ2v) is 16.4. The Kier molecular flexibility index (Phi) is 6.61. The molecule has 8 heteroatoms. The molecular formula is C35H45F3N2O3. The topological polar surface area (TPSA) is 87.0 Å². The van der Waals surface area contributed by atoms with Gasteiger partial charge >= 0.3 is 6.18 Å². The summed E-state index contributed by atoms with van der Waals surface area (Å²) < 4.78 is 38.3. The van der Waals surface area contributed by atoms with Crippen molar-refractivity contribution in [3.8, 4) is 6.07 Å². The van der Waals surface area contributed by atoms with Crippen molar-refractivity contribution < 1.29 is 27.6 Å². The Bertz CT molecular complexity index is 1380. The Hall–Kier alpha value is -2.43. The van der Waals surface area contributed by atoms with Gasteiger partial charge in [0.1, 0.15) is 12.6 Å². The minimum atomic E-state index is -4.45. The van der Waals surface area contributed by atoms with Crippen LogP contribution in [0.3, 0.4) is 0 Å². The Morgan fingerprint density at radius 1 is 1.02 bits per heavy atom. The van der Waals surface area contributed by atoms with Crippen molar-refractivity contribution in [2.45, 2.75) is 111 Å². The SMILES string of the molecule is CC1(C)CC[C@]2(CCC(=O)NCC(F)(F)F)CC[C@]3(C)[C@H](C(=O)C=C4[C@@]5(C)C=C(C#N)C(=O)C6(CC6)[C@@H]5CC[C@]43C)[C@@H]2C1. The van der Waals surface area contributed by atoms with Crippen LogP contribution in [0.25, 0.3) is 0 Å². The van der Waals surface area contributed by atoms with Gasteiger partial charge in [0.25, 0.3) is 0 Å². The van der Waals surface area contributed by atoms with E-state index in [-0.39, 0.29) is 63.0 Å². The number of hydrogen-bond donors (Lipinski definition) is 1. The Morgan fingerprint density at radius 2 is 1.70 bits per heavy atom. The van der Waals surface area contributed by atoms with Crippen LogP contribution in [0.2, 0.25) is 0 Å². The Labute approximate surface area is 253 Å². The molecule has 1 spiro atoms. The van der Waals surface area contributed by atoms with Crippen LogP contribution >= 0.6 is 0 Å². The van der Waals surface area contributed by atoms with Crippen molar-refractivity contribution in [1.82, 2.24) is 5.32 Å². The predicted octanol–water partition coefficient (Wildman–Crippen LogP) is 7.42. The van der Waals surface area contributed by atoms with Crippen LogP contribution in [0, 0.1) is 61.6 Å². The maximum Gasteiger partial charge on any atom is 0.405 e. The zero-order valence-corrected chi connectivity index (χ0v) is 26.2. The van der Waals surface area contributed by atoms with Crippen LogP contribution in [-0.4, -0.2) is 30.2 Å². The maximum absolute atomic E-state index is 14.6. The number of nitrogens with one attached hydrogen (secondary N) is 1. The number of alkyl halides is 3. The van der Waals surface area contributed by atoms with E-state index in [1.165, 1.54) is 0 Å². The molecule has 6 rings (SSSR count). The highest BCUT2D eigenvalue weighted by Gasteiger charge is 2.72. The van der Waals surface area contributed by atoms with Gasteiger partial charge in [-0.25, -0.2) is 0 Å². The zero-order chi connectivity index (χ0) is 31.4. The molecule has 0 saturated heterocycles. The molecule has 0 aromatic carbocycles. The highest BCUT2D eigenvalue weighted by atomic mass is 19.4. The van der Waals surface area contributed by atoms with Crippen molar-refractivity contribution >= 4 is 17.5 Å². The van der Waals surface area contributed by atoms with Gasteiger partial charge in [-0.05, 0) is 104 Å². The third-order valence-corrected chi connectivity index (χ3v) is 13.8. The molecule has 6 aliphatic carbocycles. The lowest BCUT2D eigenvalue weighted by Crippen LogP contribution is -2.64. The molecule has 0 aliphatic heterocycles. The predicted molar refractivity (Wildman–Crippen MR) is 155 cm³/mol. The zero-order valence-electron chi connectivity index (χ0n) is 26.2. The van der Waals surface area contributed by atoms with Crippen molar-refractivity contribution in [2.24, 2.45) is 50.2 Å². The number of halogens is 3. The second-order valence-electron chi connectivity index (χ2n) is 16.4. The molecule has 1 N–H and O–H groups in total. The van der Waals surface area contributed by atoms with E-state index in [2.05, 4.69) is 40.7 Å². The molecule has 1 amide bonds. The average molecular weight is 599 g/mol. The lowest BCUT2D eigenvalue weighted by molar-refractivity contribution is -0.172. The van der Waals surface area contributed by atoms with Crippen LogP contribution in [0.4, 0.5) is 13.2 Å². The van der Waals surface area contributed by atoms with E-state index in [9.17, 15) is 32.8 Å². The quantitative estimate of drug-likeness (QED) is 0.365. The molecule has 0 aromatic rings. The van der Waals surface area contributed by atoms with E-state index < -0.39 is 29.5 Å². The summed E-state index contributed by atoms with van der Waals surface area (Å²) in [6.07, 6.45) is 7.53. The number of ketones is 2. The summed E-state index contributed by atoms with van der Waals surface area (Å²) in [6.45, 7) is 9.89. The van der Waals surface area contributed by atoms with Gasteiger partial charge in [0.05, 0.1) is 5.57 Å². The number of Topliss-reactive ketones (excluding diaryl/α,β-unsaturated/α-hetero) is 1. The highest BCUT2D eigenvalue weighted by Crippen LogP contribution is 2.77. The summed E-state index contributed by atoms with van der Waals surface area (Å²) in [5.41, 5.74) is -0.586. The van der Waals surface area contributed by atoms with Crippen LogP contribution in [-0.2, 0) is 14.4 Å². The first-order chi connectivity index (χ1) is 19.9. The van der Waals surface area contributed by atoms with E-state index in [0.717, 1.165) is 63.4 Å². The fourth-order valence-corrected chi connectivity index (χ4v) is 11.2. The maximum atomic E-state index is 14.6. The molecule has 7 atom stereocenters. The van der Waals surface area contributed by atoms with Crippen molar-refractivity contribution in [3.63, 3.8) is 0 Å². The fourth-order valence-electron chi connectivity index (χ4n) is 11.2. The third kappa shape index (κ3) is 4.33. The molecule has 5 nitrogen and oxygen atoms in total. The van der Waals surface area contributed by atoms with Crippen molar-refractivity contribution in [2.75, 3.05) is 6.54 Å². The normalized spacial score (nSPS) is 42.3. The Morgan fingerprint density at radius 3 is 2.33 bits per heavy atom. The first-order valence-corrected chi connectivity index (χ1v) is 16.1. The van der Waals surface area contributed by atoms with E-state index in [4.69, 9.17) is 0 Å². The van der Waals surface area contributed by atoms with Crippen molar-refractivity contribution in [1.29, 1.82) is 5.26 Å². The van der Waals surface area contributed by atoms with E-state index >= 15 is 0 Å². The van der Waals surface area contributed by atoms with Crippen LogP contribution in [0.1, 0.15) is 105 Å². The van der Waals surface area contributed by atoms with Gasteiger partial charge in [0, 0.05) is 23.2 Å². The number of carbonyl (C=O) groups excluding carboxylic acids is 3. The molecular weight excluding hydrogens is 553 g/mol. The first kappa shape index (κ1) is 30.6. The van der Waals surface area contributed by atoms with Gasteiger partial charge in [-0.3, -0.25) is 14.4 Å². The monoisotopic (exact) mass is 598 g/mol. The second kappa shape index (κ2) is 9.30. The number of hydrogen-bond acceptors (Lipinski definition) is 4. The Balaban J connectivity index is 1.38. The van der Waals surface area contributed by atoms with Gasteiger partial charge in [-0.15, -0.1) is 0 Å². The minimum Gasteiger partial charge on any atom is -0.347 e. The van der Waals surface area contributed by atoms with E-state index in [1.807, 2.05) is 17.5 Å². The molecule has 4 saturated carbocycles. The molecule has 0 aromatic heterocycles. The smallest absolute Gasteiger partial charge is 0.347 e. The summed E-state index contributed by atoms with van der Waals surface area (Å²) in [4.78, 5) is 40.4. The third-order valence-electron chi connectivity index (χ3n) is 13.8. The van der Waals surface area contributed by atoms with E-state index in [1.54, 1.807) is 0 Å². The summed E-state index contributed by atoms with van der Waals surface area (Å²) in [6, 6.07) is 2.19. The largest absolute Gasteiger partial charge is 0.405 e. The lowest BCUT2D eigenvalue weighted by atomic mass is 9.34. The first-order valence-electron chi connectivity index (χ1n) is 16.1. The summed E-state index contributed by atoms with van der Waals surface area (Å²) in [5.74, 6) is -0.611. The molecule has 6 aliphatic rings. The number of nitriles is 1. The van der Waals surface area contributed by atoms with Crippen LogP contribution in [0.5, 0.6) is 0 Å². The number of amides is 1. The molecule has 4 fully saturated rings. The standard InChI is InChI=1S/C35H45F3N2O3/c1-29(2)10-12-33(9-7-26(42)40-20-35(36,37)38)13-11-32(5)27(22(33)18-29)23(41)16-25-30(3)17-21(19-39)28(43)34(14-15-34)24(30)6-8-31(25,32)4/h16-17,22,24,27H,6-15,18,20H2,1-5H3,(H,40,42)/t22-,24+,27-,30-,31+,32+,33+/m0/s1. The highest BCUT2D eigenvalue weighted by molar-refractivity contribution is 6.06. The molecule has 0 unspecified atom stereocenters. The van der Waals surface area contributed by atoms with Gasteiger partial charge in [-0.1, -0.05) is 46.3 Å².